The van der Waals surface area contributed by atoms with Gasteiger partial charge in [0.05, 0.1) is 22.6 Å². The second-order valence-electron chi connectivity index (χ2n) is 6.76. The van der Waals surface area contributed by atoms with E-state index in [-0.39, 0.29) is 17.9 Å². The van der Waals surface area contributed by atoms with Crippen LogP contribution in [0.1, 0.15) is 52.3 Å². The first-order valence-electron chi connectivity index (χ1n) is 7.11. The lowest BCUT2D eigenvalue weighted by Crippen LogP contribution is -2.29. The maximum absolute atomic E-state index is 12.3. The van der Waals surface area contributed by atoms with Gasteiger partial charge in [0.25, 0.3) is 0 Å². The van der Waals surface area contributed by atoms with Gasteiger partial charge in [0.2, 0.25) is 0 Å². The zero-order chi connectivity index (χ0) is 15.1. The third-order valence-electron chi connectivity index (χ3n) is 3.90. The molecule has 0 N–H and O–H groups in total. The molecule has 1 aliphatic rings. The molecule has 0 amide bonds. The van der Waals surface area contributed by atoms with Gasteiger partial charge < -0.3 is 4.74 Å². The fourth-order valence-electron chi connectivity index (χ4n) is 2.89. The summed E-state index contributed by atoms with van der Waals surface area (Å²) in [5.41, 5.74) is 0.701. The Morgan fingerprint density at radius 3 is 2.60 bits per heavy atom. The molecule has 5 heteroatoms. The van der Waals surface area contributed by atoms with E-state index >= 15 is 0 Å². The number of nitrogens with zero attached hydrogens (tertiary/aromatic N) is 2. The van der Waals surface area contributed by atoms with Gasteiger partial charge >= 0.3 is 5.97 Å². The van der Waals surface area contributed by atoms with Gasteiger partial charge in [0.15, 0.2) is 0 Å². The maximum Gasteiger partial charge on any atom is 0.309 e. The van der Waals surface area contributed by atoms with E-state index in [1.807, 2.05) is 38.6 Å². The fourth-order valence-corrected chi connectivity index (χ4v) is 3.16. The Kier molecular flexibility index (Phi) is 4.28. The Morgan fingerprint density at radius 2 is 2.10 bits per heavy atom. The molecule has 0 aliphatic heterocycles. The van der Waals surface area contributed by atoms with Gasteiger partial charge in [0, 0.05) is 5.69 Å². The van der Waals surface area contributed by atoms with E-state index in [1.54, 1.807) is 0 Å². The highest BCUT2D eigenvalue weighted by atomic mass is 79.9. The van der Waals surface area contributed by atoms with Crippen LogP contribution in [0, 0.1) is 18.8 Å². The summed E-state index contributed by atoms with van der Waals surface area (Å²) in [5, 5.41) is 4.42. The predicted molar refractivity (Wildman–Crippen MR) is 81.4 cm³/mol. The molecule has 4 nitrogen and oxygen atoms in total. The number of hydrogen-bond donors (Lipinski definition) is 0. The number of aromatic nitrogens is 2. The van der Waals surface area contributed by atoms with Crippen LogP contribution in [-0.2, 0) is 9.53 Å². The van der Waals surface area contributed by atoms with Crippen LogP contribution < -0.4 is 0 Å². The largest absolute Gasteiger partial charge is 0.460 e. The van der Waals surface area contributed by atoms with E-state index < -0.39 is 5.60 Å². The van der Waals surface area contributed by atoms with E-state index in [9.17, 15) is 4.79 Å². The second-order valence-corrected chi connectivity index (χ2v) is 7.62. The summed E-state index contributed by atoms with van der Waals surface area (Å²) in [6, 6.07) is 0.286. The lowest BCUT2D eigenvalue weighted by Gasteiger charge is -2.23. The van der Waals surface area contributed by atoms with Gasteiger partial charge in [-0.15, -0.1) is 0 Å². The Hall–Kier alpha value is -0.840. The van der Waals surface area contributed by atoms with Crippen LogP contribution >= 0.6 is 15.9 Å². The minimum atomic E-state index is -0.417. The summed E-state index contributed by atoms with van der Waals surface area (Å²) < 4.78 is 8.59. The zero-order valence-electron chi connectivity index (χ0n) is 12.8. The van der Waals surface area contributed by atoms with Crippen molar-refractivity contribution >= 4 is 21.9 Å². The van der Waals surface area contributed by atoms with Crippen molar-refractivity contribution in [2.75, 3.05) is 0 Å². The molecule has 1 aliphatic carbocycles. The summed E-state index contributed by atoms with van der Waals surface area (Å²) >= 11 is 3.49. The molecule has 1 aromatic rings. The number of rotatable bonds is 2. The van der Waals surface area contributed by atoms with Crippen LogP contribution in [0.4, 0.5) is 0 Å². The van der Waals surface area contributed by atoms with Crippen molar-refractivity contribution in [3.63, 3.8) is 0 Å². The third-order valence-corrected chi connectivity index (χ3v) is 4.68. The molecule has 112 valence electrons. The number of ether oxygens (including phenoxy) is 1. The standard InChI is InChI=1S/C15H23BrN2O2/c1-9-6-11(18-10(2)13(16)8-17-18)7-12(9)14(19)20-15(3,4)5/h8-9,11-12H,6-7H2,1-5H3/t9-,11-,12?/m1/s1. The van der Waals surface area contributed by atoms with E-state index in [0.717, 1.165) is 23.0 Å². The monoisotopic (exact) mass is 342 g/mol. The normalized spacial score (nSPS) is 26.8. The molecule has 0 aromatic carbocycles. The van der Waals surface area contributed by atoms with Gasteiger partial charge in [-0.1, -0.05) is 6.92 Å². The number of carbonyl (C=O) groups excluding carboxylic acids is 1. The summed E-state index contributed by atoms with van der Waals surface area (Å²) in [5.74, 6) is 0.232. The van der Waals surface area contributed by atoms with Crippen molar-refractivity contribution < 1.29 is 9.53 Å². The number of hydrogen-bond acceptors (Lipinski definition) is 3. The van der Waals surface area contributed by atoms with Crippen LogP contribution in [0.5, 0.6) is 0 Å². The van der Waals surface area contributed by atoms with Gasteiger partial charge in [-0.2, -0.15) is 5.10 Å². The summed E-state index contributed by atoms with van der Waals surface area (Å²) in [4.78, 5) is 12.3. The smallest absolute Gasteiger partial charge is 0.309 e. The average molecular weight is 343 g/mol. The number of esters is 1. The Balaban J connectivity index is 2.09. The van der Waals surface area contributed by atoms with E-state index in [2.05, 4.69) is 28.0 Å². The lowest BCUT2D eigenvalue weighted by atomic mass is 9.98. The molecular formula is C15H23BrN2O2. The second kappa shape index (κ2) is 5.51. The van der Waals surface area contributed by atoms with Crippen molar-refractivity contribution in [1.29, 1.82) is 0 Å². The van der Waals surface area contributed by atoms with Gasteiger partial charge in [0.1, 0.15) is 5.60 Å². The summed E-state index contributed by atoms with van der Waals surface area (Å²) in [6.45, 7) is 9.91. The van der Waals surface area contributed by atoms with Crippen LogP contribution in [0.25, 0.3) is 0 Å². The maximum atomic E-state index is 12.3. The first-order valence-corrected chi connectivity index (χ1v) is 7.91. The van der Waals surface area contributed by atoms with Gasteiger partial charge in [-0.3, -0.25) is 9.48 Å². The number of carbonyl (C=O) groups is 1. The quantitative estimate of drug-likeness (QED) is 0.766. The summed E-state index contributed by atoms with van der Waals surface area (Å²) in [7, 11) is 0. The van der Waals surface area contributed by atoms with E-state index in [0.29, 0.717) is 5.92 Å². The first kappa shape index (κ1) is 15.5. The molecule has 2 rings (SSSR count). The molecule has 1 unspecified atom stereocenters. The molecule has 1 fully saturated rings. The topological polar surface area (TPSA) is 44.1 Å². The molecule has 1 saturated carbocycles. The molecule has 1 heterocycles. The average Bonchev–Trinajstić information content (AvgIpc) is 2.82. The number of halogens is 1. The van der Waals surface area contributed by atoms with Crippen molar-refractivity contribution in [3.05, 3.63) is 16.4 Å². The molecule has 3 atom stereocenters. The third kappa shape index (κ3) is 3.25. The fraction of sp³-hybridized carbons (Fsp3) is 0.733. The Bertz CT molecular complexity index is 504. The highest BCUT2D eigenvalue weighted by molar-refractivity contribution is 9.10. The van der Waals surface area contributed by atoms with E-state index in [1.165, 1.54) is 0 Å². The highest BCUT2D eigenvalue weighted by Crippen LogP contribution is 2.41. The molecule has 1 aromatic heterocycles. The minimum absolute atomic E-state index is 0.0263. The molecule has 0 radical (unpaired) electrons. The lowest BCUT2D eigenvalue weighted by molar-refractivity contribution is -0.161. The van der Waals surface area contributed by atoms with Crippen molar-refractivity contribution in [1.82, 2.24) is 9.78 Å². The summed E-state index contributed by atoms with van der Waals surface area (Å²) in [6.07, 6.45) is 3.60. The van der Waals surface area contributed by atoms with Crippen molar-refractivity contribution in [2.24, 2.45) is 11.8 Å². The van der Waals surface area contributed by atoms with Crippen LogP contribution in [-0.4, -0.2) is 21.4 Å². The zero-order valence-corrected chi connectivity index (χ0v) is 14.4. The highest BCUT2D eigenvalue weighted by Gasteiger charge is 2.39. The van der Waals surface area contributed by atoms with Crippen LogP contribution in [0.3, 0.4) is 0 Å². The molecule has 0 spiro atoms. The Morgan fingerprint density at radius 1 is 1.45 bits per heavy atom. The molecular weight excluding hydrogens is 320 g/mol. The van der Waals surface area contributed by atoms with Crippen molar-refractivity contribution in [2.45, 2.75) is 59.1 Å². The molecule has 0 bridgehead atoms. The predicted octanol–water partition coefficient (Wildman–Crippen LogP) is 3.88. The van der Waals surface area contributed by atoms with Crippen LogP contribution in [0.2, 0.25) is 0 Å². The van der Waals surface area contributed by atoms with Gasteiger partial charge in [-0.05, 0) is 62.4 Å². The first-order chi connectivity index (χ1) is 9.19. The SMILES string of the molecule is Cc1c(Br)cnn1[C@H]1CC(C(=O)OC(C)(C)C)[C@H](C)C1. The van der Waals surface area contributed by atoms with Crippen molar-refractivity contribution in [3.8, 4) is 0 Å². The van der Waals surface area contributed by atoms with Crippen LogP contribution in [0.15, 0.2) is 10.7 Å². The van der Waals surface area contributed by atoms with Gasteiger partial charge in [-0.25, -0.2) is 0 Å². The molecule has 0 saturated heterocycles. The minimum Gasteiger partial charge on any atom is -0.460 e. The Labute approximate surface area is 129 Å². The van der Waals surface area contributed by atoms with E-state index in [4.69, 9.17) is 4.74 Å². The molecule has 20 heavy (non-hydrogen) atoms.